The van der Waals surface area contributed by atoms with Crippen molar-refractivity contribution in [2.75, 3.05) is 28.4 Å². The van der Waals surface area contributed by atoms with Gasteiger partial charge < -0.3 is 80.2 Å². The third-order valence-electron chi connectivity index (χ3n) is 14.8. The lowest BCUT2D eigenvalue weighted by Crippen LogP contribution is -1.97. The lowest BCUT2D eigenvalue weighted by Gasteiger charge is -2.12. The standard InChI is InChI=1S/C22H24O3.C17H16O4.2C15H14O4.C15H14O3/c1-15(2)5-12-19-21(24)14-11-18(22(19)25-4)10-13-20(23)17-8-6-16(3)7-9-17;1-11-3-5-12(6-4-11)14(18)9-7-13-8-10-15(19)16(20)17(13)21-2;1-19-15-5-4-10(8-14(15)18)2-3-11-6-12(16)9-13(17)7-11;1-19-15-8-10(4-5-14(15)18)2-3-11-6-12(16)9-13(17)7-11;1-10-2-3-11(8-15(10)18)4-5-12-6-13(16)9-14(17)7-12/h5-11,13-14,24H,12H2,1-4H3;3-10,19-20H,1-2H3;2*2-9,16-18H,1H3;2-9,16-18H,1H3/b13-10+;9-7+;2*3-2+;5-4+. The number of hydrogen-bond donors (Lipinski definition) is 12. The highest BCUT2D eigenvalue weighted by Crippen LogP contribution is 2.39. The van der Waals surface area contributed by atoms with E-state index in [-0.39, 0.29) is 86.3 Å². The number of allylic oxidation sites excluding steroid dienone is 4. The van der Waals surface area contributed by atoms with Gasteiger partial charge in [0.05, 0.1) is 28.4 Å². The molecule has 18 nitrogen and oxygen atoms in total. The van der Waals surface area contributed by atoms with E-state index in [4.69, 9.17) is 18.9 Å². The Hall–Kier alpha value is -13.2. The molecule has 0 saturated carbocycles. The summed E-state index contributed by atoms with van der Waals surface area (Å²) in [4.78, 5) is 24.4. The van der Waals surface area contributed by atoms with Crippen LogP contribution in [-0.4, -0.2) is 101 Å². The second-order valence-electron chi connectivity index (χ2n) is 23.1. The predicted octanol–water partition coefficient (Wildman–Crippen LogP) is 17.7. The first-order valence-corrected chi connectivity index (χ1v) is 31.5. The van der Waals surface area contributed by atoms with Gasteiger partial charge in [0.1, 0.15) is 51.7 Å². The van der Waals surface area contributed by atoms with Crippen LogP contribution < -0.4 is 18.9 Å². The number of ketones is 2. The first-order chi connectivity index (χ1) is 48.6. The molecular weight excluding hydrogens is 1300 g/mol. The topological polar surface area (TPSA) is 314 Å². The van der Waals surface area contributed by atoms with E-state index in [1.54, 1.807) is 141 Å². The molecule has 0 saturated heterocycles. The Labute approximate surface area is 592 Å². The SMILES string of the molecule is COc1c(/C=C/C(=O)c2ccc(C)cc2)ccc(O)c1CC=C(C)C.COc1c(/C=C/C(=O)c2ccc(C)cc2)ccc(O)c1O.COc1cc(/C=C/c2cc(O)cc(O)c2)ccc1O.COc1ccc(/C=C/c2cc(O)cc(O)c2)cc1O.Cc1ccc(/C=C/c2cc(O)cc(O)c2)cc1O. The molecule has 12 N–H and O–H groups in total. The summed E-state index contributed by atoms with van der Waals surface area (Å²) in [6.45, 7) is 9.78. The van der Waals surface area contributed by atoms with E-state index in [0.717, 1.165) is 44.5 Å². The lowest BCUT2D eigenvalue weighted by molar-refractivity contribution is 0.103. The Morgan fingerprint density at radius 2 is 0.706 bits per heavy atom. The van der Waals surface area contributed by atoms with Crippen LogP contribution in [0.4, 0.5) is 0 Å². The van der Waals surface area contributed by atoms with Crippen molar-refractivity contribution in [3.63, 3.8) is 0 Å². The molecule has 526 valence electrons. The smallest absolute Gasteiger partial charge is 0.201 e. The molecule has 0 bridgehead atoms. The van der Waals surface area contributed by atoms with E-state index in [9.17, 15) is 70.9 Å². The second kappa shape index (κ2) is 38.1. The average molecular weight is 1380 g/mol. The summed E-state index contributed by atoms with van der Waals surface area (Å²) in [6, 6.07) is 49.4. The molecule has 0 fully saturated rings. The Morgan fingerprint density at radius 3 is 1.11 bits per heavy atom. The summed E-state index contributed by atoms with van der Waals surface area (Å²) in [6.07, 6.45) is 19.4. The molecule has 0 heterocycles. The van der Waals surface area contributed by atoms with Gasteiger partial charge in [-0.3, -0.25) is 9.59 Å². The first-order valence-electron chi connectivity index (χ1n) is 31.5. The van der Waals surface area contributed by atoms with Gasteiger partial charge in [-0.25, -0.2) is 0 Å². The van der Waals surface area contributed by atoms with Crippen LogP contribution in [0.3, 0.4) is 0 Å². The van der Waals surface area contributed by atoms with Crippen molar-refractivity contribution >= 4 is 60.2 Å². The molecule has 10 aromatic carbocycles. The van der Waals surface area contributed by atoms with Crippen LogP contribution in [-0.2, 0) is 6.42 Å². The number of aromatic hydroxyl groups is 12. The number of hydrogen-bond acceptors (Lipinski definition) is 18. The number of carbonyl (C=O) groups excluding carboxylic acids is 2. The number of rotatable bonds is 18. The Morgan fingerprint density at radius 1 is 0.333 bits per heavy atom. The van der Waals surface area contributed by atoms with Gasteiger partial charge in [-0.2, -0.15) is 0 Å². The number of benzene rings is 10. The fourth-order valence-electron chi connectivity index (χ4n) is 9.45. The maximum atomic E-state index is 12.3. The van der Waals surface area contributed by atoms with Crippen LogP contribution in [0.5, 0.6) is 92.0 Å². The van der Waals surface area contributed by atoms with E-state index in [1.165, 1.54) is 82.0 Å². The molecule has 0 spiro atoms. The van der Waals surface area contributed by atoms with Crippen molar-refractivity contribution in [3.05, 3.63) is 284 Å². The quantitative estimate of drug-likeness (QED) is 0.0125. The third-order valence-corrected chi connectivity index (χ3v) is 14.8. The zero-order valence-corrected chi connectivity index (χ0v) is 57.7. The zero-order chi connectivity index (χ0) is 74.6. The van der Waals surface area contributed by atoms with E-state index in [0.29, 0.717) is 62.6 Å². The largest absolute Gasteiger partial charge is 0.508 e. The lowest BCUT2D eigenvalue weighted by atomic mass is 10.0. The number of phenolic OH excluding ortho intramolecular Hbond substituents is 12. The maximum absolute atomic E-state index is 12.3. The molecule has 0 aliphatic carbocycles. The van der Waals surface area contributed by atoms with Crippen LogP contribution in [0.1, 0.15) is 101 Å². The van der Waals surface area contributed by atoms with Gasteiger partial charge in [0.25, 0.3) is 0 Å². The molecule has 102 heavy (non-hydrogen) atoms. The Bertz CT molecular complexity index is 4650. The predicted molar refractivity (Wildman–Crippen MR) is 401 cm³/mol. The highest BCUT2D eigenvalue weighted by Gasteiger charge is 2.14. The summed E-state index contributed by atoms with van der Waals surface area (Å²) < 4.78 is 20.5. The fourth-order valence-corrected chi connectivity index (χ4v) is 9.45. The van der Waals surface area contributed by atoms with E-state index < -0.39 is 0 Å². The van der Waals surface area contributed by atoms with Gasteiger partial charge in [0.2, 0.25) is 5.75 Å². The van der Waals surface area contributed by atoms with Crippen molar-refractivity contribution in [1.82, 2.24) is 0 Å². The highest BCUT2D eigenvalue weighted by molar-refractivity contribution is 6.07. The number of methoxy groups -OCH3 is 4. The van der Waals surface area contributed by atoms with Gasteiger partial charge in [0, 0.05) is 46.0 Å². The number of ether oxygens (including phenoxy) is 4. The third kappa shape index (κ3) is 24.4. The molecule has 0 atom stereocenters. The van der Waals surface area contributed by atoms with Crippen LogP contribution in [0.25, 0.3) is 48.6 Å². The minimum atomic E-state index is -0.345. The van der Waals surface area contributed by atoms with Crippen molar-refractivity contribution in [3.8, 4) is 92.0 Å². The molecular formula is C84H82O18. The molecule has 0 radical (unpaired) electrons. The number of carbonyl (C=O) groups is 2. The minimum Gasteiger partial charge on any atom is -0.508 e. The van der Waals surface area contributed by atoms with Crippen LogP contribution >= 0.6 is 0 Å². The van der Waals surface area contributed by atoms with Crippen molar-refractivity contribution in [2.45, 2.75) is 41.0 Å². The van der Waals surface area contributed by atoms with Crippen molar-refractivity contribution in [1.29, 1.82) is 0 Å². The minimum absolute atomic E-state index is 0.00257. The molecule has 10 aromatic rings. The normalized spacial score (nSPS) is 10.8. The van der Waals surface area contributed by atoms with E-state index in [2.05, 4.69) is 0 Å². The summed E-state index contributed by atoms with van der Waals surface area (Å²) in [5, 5.41) is 114. The van der Waals surface area contributed by atoms with Gasteiger partial charge in [-0.15, -0.1) is 0 Å². The Kier molecular flexibility index (Phi) is 29.0. The molecule has 0 aliphatic rings. The van der Waals surface area contributed by atoms with Gasteiger partial charge in [-0.1, -0.05) is 132 Å². The van der Waals surface area contributed by atoms with Gasteiger partial charge in [0.15, 0.2) is 46.1 Å². The van der Waals surface area contributed by atoms with E-state index in [1.807, 2.05) is 89.2 Å². The zero-order valence-electron chi connectivity index (χ0n) is 57.7. The van der Waals surface area contributed by atoms with Crippen molar-refractivity contribution < 1.29 is 89.8 Å². The number of phenols is 12. The summed E-state index contributed by atoms with van der Waals surface area (Å²) >= 11 is 0. The van der Waals surface area contributed by atoms with Crippen LogP contribution in [0.2, 0.25) is 0 Å². The molecule has 0 aliphatic heterocycles. The molecule has 0 unspecified atom stereocenters. The maximum Gasteiger partial charge on any atom is 0.201 e. The average Bonchev–Trinajstić information content (AvgIpc) is 0.760. The summed E-state index contributed by atoms with van der Waals surface area (Å²) in [5.74, 6) is 1.29. The Balaban J connectivity index is 0.000000201. The monoisotopic (exact) mass is 1380 g/mol. The van der Waals surface area contributed by atoms with Crippen molar-refractivity contribution in [2.24, 2.45) is 0 Å². The van der Waals surface area contributed by atoms with Crippen LogP contribution in [0, 0.1) is 20.8 Å². The van der Waals surface area contributed by atoms with Crippen LogP contribution in [0.15, 0.2) is 206 Å². The van der Waals surface area contributed by atoms with Gasteiger partial charge in [-0.05, 0) is 195 Å². The molecule has 10 rings (SSSR count). The van der Waals surface area contributed by atoms with Gasteiger partial charge >= 0.3 is 0 Å². The number of aryl methyl sites for hydroxylation is 3. The summed E-state index contributed by atoms with van der Waals surface area (Å²) in [7, 11) is 5.92. The molecule has 0 aromatic heterocycles. The first kappa shape index (κ1) is 77.8. The highest BCUT2D eigenvalue weighted by atomic mass is 16.5. The van der Waals surface area contributed by atoms with E-state index >= 15 is 0 Å². The second-order valence-corrected chi connectivity index (χ2v) is 23.1. The summed E-state index contributed by atoms with van der Waals surface area (Å²) in [5.41, 5.74) is 11.9. The molecule has 18 heteroatoms. The molecule has 0 amide bonds. The fraction of sp³-hybridized carbons (Fsp3) is 0.119.